The lowest BCUT2D eigenvalue weighted by atomic mass is 10.1. The Morgan fingerprint density at radius 1 is 0.742 bits per heavy atom. The summed E-state index contributed by atoms with van der Waals surface area (Å²) in [4.78, 5) is 69.9. The van der Waals surface area contributed by atoms with Crippen molar-refractivity contribution >= 4 is 60.8 Å². The molecule has 0 aromatic carbocycles. The van der Waals surface area contributed by atoms with Gasteiger partial charge in [-0.3, -0.25) is 24.0 Å². The predicted octanol–water partition coefficient (Wildman–Crippen LogP) is -3.16. The van der Waals surface area contributed by atoms with Crippen molar-refractivity contribution in [3.63, 3.8) is 0 Å². The third-order valence-corrected chi connectivity index (χ3v) is 4.68. The third kappa shape index (κ3) is 11.4. The van der Waals surface area contributed by atoms with Crippen LogP contribution in [0.25, 0.3) is 0 Å². The maximum absolute atomic E-state index is 12.5. The molecule has 0 saturated carbocycles. The summed E-state index contributed by atoms with van der Waals surface area (Å²) in [7, 11) is 0. The van der Waals surface area contributed by atoms with Crippen LogP contribution in [-0.2, 0) is 28.8 Å². The quantitative estimate of drug-likeness (QED) is 0.107. The van der Waals surface area contributed by atoms with Crippen molar-refractivity contribution in [3.8, 4) is 0 Å². The summed E-state index contributed by atoms with van der Waals surface area (Å²) >= 11 is 7.85. The SMILES string of the molecule is NC(=O)CCC(NC(=O)C(CS)NC(=O)C(N)CS)C(=O)NC(CCC(=O)O)C(=O)O. The van der Waals surface area contributed by atoms with E-state index < -0.39 is 72.6 Å². The second-order valence-electron chi connectivity index (χ2n) is 6.43. The number of aliphatic carboxylic acids is 2. The van der Waals surface area contributed by atoms with E-state index in [0.717, 1.165) is 0 Å². The highest BCUT2D eigenvalue weighted by molar-refractivity contribution is 7.80. The Bertz CT molecular complexity index is 693. The predicted molar refractivity (Wildman–Crippen MR) is 114 cm³/mol. The Balaban J connectivity index is 5.33. The number of thiol groups is 2. The third-order valence-electron chi connectivity index (χ3n) is 3.92. The van der Waals surface area contributed by atoms with Crippen molar-refractivity contribution in [1.82, 2.24) is 16.0 Å². The summed E-state index contributed by atoms with van der Waals surface area (Å²) in [6, 6.07) is -5.10. The molecule has 0 aromatic rings. The molecule has 0 spiro atoms. The number of carbonyl (C=O) groups excluding carboxylic acids is 4. The van der Waals surface area contributed by atoms with Gasteiger partial charge in [-0.25, -0.2) is 4.79 Å². The summed E-state index contributed by atoms with van der Waals surface area (Å²) in [5, 5.41) is 24.6. The molecule has 15 heteroatoms. The van der Waals surface area contributed by atoms with Gasteiger partial charge in [-0.2, -0.15) is 25.3 Å². The van der Waals surface area contributed by atoms with Gasteiger partial charge < -0.3 is 37.6 Å². The molecule has 0 aliphatic heterocycles. The standard InChI is InChI=1S/C16H27N5O8S2/c17-7(5-30)13(25)21-10(6-31)15(27)19-8(1-3-11(18)22)14(26)20-9(16(28)29)2-4-12(23)24/h7-10,30-31H,1-6,17H2,(H2,18,22)(H,19,27)(H,20,26)(H,21,25)(H,23,24)(H,28,29). The van der Waals surface area contributed by atoms with E-state index >= 15 is 0 Å². The van der Waals surface area contributed by atoms with Gasteiger partial charge in [0.25, 0.3) is 0 Å². The lowest BCUT2D eigenvalue weighted by Crippen LogP contribution is -2.58. The summed E-state index contributed by atoms with van der Waals surface area (Å²) in [6.07, 6.45) is -1.49. The maximum Gasteiger partial charge on any atom is 0.326 e. The van der Waals surface area contributed by atoms with E-state index in [1.165, 1.54) is 0 Å². The van der Waals surface area contributed by atoms with Crippen LogP contribution in [0, 0.1) is 0 Å². The molecule has 4 unspecified atom stereocenters. The van der Waals surface area contributed by atoms with Crippen LogP contribution in [0.1, 0.15) is 25.7 Å². The van der Waals surface area contributed by atoms with E-state index in [9.17, 15) is 33.9 Å². The smallest absolute Gasteiger partial charge is 0.326 e. The van der Waals surface area contributed by atoms with Gasteiger partial charge in [0.15, 0.2) is 0 Å². The molecule has 31 heavy (non-hydrogen) atoms. The van der Waals surface area contributed by atoms with Gasteiger partial charge in [-0.1, -0.05) is 0 Å². The molecule has 0 heterocycles. The minimum absolute atomic E-state index is 0.0172. The number of amides is 4. The second kappa shape index (κ2) is 14.5. The van der Waals surface area contributed by atoms with Crippen LogP contribution in [0.2, 0.25) is 0 Å². The fraction of sp³-hybridized carbons (Fsp3) is 0.625. The molecule has 0 bridgehead atoms. The number of primary amides is 1. The normalized spacial score (nSPS) is 14.4. The Morgan fingerprint density at radius 3 is 1.68 bits per heavy atom. The topological polar surface area (TPSA) is 231 Å². The van der Waals surface area contributed by atoms with Crippen molar-refractivity contribution in [3.05, 3.63) is 0 Å². The summed E-state index contributed by atoms with van der Waals surface area (Å²) in [5.41, 5.74) is 10.6. The molecule has 9 N–H and O–H groups in total. The molecule has 0 aromatic heterocycles. The fourth-order valence-corrected chi connectivity index (χ4v) is 2.60. The number of nitrogens with one attached hydrogen (secondary N) is 3. The number of carbonyl (C=O) groups is 6. The Hall–Kier alpha value is -2.52. The molecule has 0 rings (SSSR count). The van der Waals surface area contributed by atoms with Gasteiger partial charge in [0.2, 0.25) is 23.6 Å². The molecular formula is C16H27N5O8S2. The summed E-state index contributed by atoms with van der Waals surface area (Å²) < 4.78 is 0. The molecule has 13 nitrogen and oxygen atoms in total. The Morgan fingerprint density at radius 2 is 1.23 bits per heavy atom. The Labute approximate surface area is 188 Å². The van der Waals surface area contributed by atoms with E-state index in [1.54, 1.807) is 0 Å². The molecule has 4 atom stereocenters. The molecule has 4 amide bonds. The highest BCUT2D eigenvalue weighted by Gasteiger charge is 2.30. The van der Waals surface area contributed by atoms with E-state index in [0.29, 0.717) is 0 Å². The maximum atomic E-state index is 12.5. The van der Waals surface area contributed by atoms with E-state index in [1.807, 2.05) is 0 Å². The van der Waals surface area contributed by atoms with Crippen molar-refractivity contribution in [2.45, 2.75) is 49.9 Å². The highest BCUT2D eigenvalue weighted by atomic mass is 32.1. The summed E-state index contributed by atoms with van der Waals surface area (Å²) in [5.74, 6) is -6.13. The van der Waals surface area contributed by atoms with E-state index in [2.05, 4.69) is 41.2 Å². The van der Waals surface area contributed by atoms with Gasteiger partial charge in [0.1, 0.15) is 18.1 Å². The first kappa shape index (κ1) is 28.5. The number of carboxylic acid groups (broad SMARTS) is 2. The van der Waals surface area contributed by atoms with Crippen molar-refractivity contribution in [1.29, 1.82) is 0 Å². The van der Waals surface area contributed by atoms with Crippen LogP contribution < -0.4 is 27.4 Å². The van der Waals surface area contributed by atoms with Crippen molar-refractivity contribution in [2.75, 3.05) is 11.5 Å². The zero-order valence-electron chi connectivity index (χ0n) is 16.4. The zero-order chi connectivity index (χ0) is 24.1. The van der Waals surface area contributed by atoms with Crippen LogP contribution >= 0.6 is 25.3 Å². The highest BCUT2D eigenvalue weighted by Crippen LogP contribution is 2.04. The average molecular weight is 482 g/mol. The van der Waals surface area contributed by atoms with Crippen LogP contribution in [0.5, 0.6) is 0 Å². The fourth-order valence-electron chi connectivity index (χ4n) is 2.18. The van der Waals surface area contributed by atoms with E-state index in [4.69, 9.17) is 16.6 Å². The van der Waals surface area contributed by atoms with Crippen molar-refractivity contribution < 1.29 is 39.0 Å². The van der Waals surface area contributed by atoms with Gasteiger partial charge in [0, 0.05) is 24.3 Å². The molecule has 0 aliphatic rings. The minimum atomic E-state index is -1.54. The number of nitrogens with two attached hydrogens (primary N) is 2. The van der Waals surface area contributed by atoms with Gasteiger partial charge >= 0.3 is 11.9 Å². The van der Waals surface area contributed by atoms with Gasteiger partial charge in [-0.05, 0) is 12.8 Å². The molecular weight excluding hydrogens is 454 g/mol. The first-order valence-electron chi connectivity index (χ1n) is 9.04. The molecule has 0 fully saturated rings. The summed E-state index contributed by atoms with van der Waals surface area (Å²) in [6.45, 7) is 0. The molecule has 0 aliphatic carbocycles. The minimum Gasteiger partial charge on any atom is -0.481 e. The van der Waals surface area contributed by atoms with Crippen LogP contribution in [-0.4, -0.2) is 81.5 Å². The monoisotopic (exact) mass is 481 g/mol. The van der Waals surface area contributed by atoms with Crippen LogP contribution in [0.4, 0.5) is 0 Å². The molecule has 0 radical (unpaired) electrons. The number of carboxylic acids is 2. The van der Waals surface area contributed by atoms with Gasteiger partial charge in [0.05, 0.1) is 6.04 Å². The van der Waals surface area contributed by atoms with Crippen LogP contribution in [0.3, 0.4) is 0 Å². The van der Waals surface area contributed by atoms with Gasteiger partial charge in [-0.15, -0.1) is 0 Å². The first-order chi connectivity index (χ1) is 14.4. The largest absolute Gasteiger partial charge is 0.481 e. The first-order valence-corrected chi connectivity index (χ1v) is 10.3. The lowest BCUT2D eigenvalue weighted by Gasteiger charge is -2.24. The lowest BCUT2D eigenvalue weighted by molar-refractivity contribution is -0.143. The number of rotatable bonds is 15. The molecule has 0 saturated heterocycles. The molecule has 176 valence electrons. The average Bonchev–Trinajstić information content (AvgIpc) is 2.70. The van der Waals surface area contributed by atoms with E-state index in [-0.39, 0.29) is 24.3 Å². The van der Waals surface area contributed by atoms with Crippen LogP contribution in [0.15, 0.2) is 0 Å². The number of hydrogen-bond acceptors (Lipinski definition) is 9. The zero-order valence-corrected chi connectivity index (χ0v) is 18.2. The Kier molecular flexibility index (Phi) is 13.3. The number of hydrogen-bond donors (Lipinski definition) is 9. The van der Waals surface area contributed by atoms with Crippen molar-refractivity contribution in [2.24, 2.45) is 11.5 Å². The second-order valence-corrected chi connectivity index (χ2v) is 7.16.